The molecule has 3 heterocycles. The molecule has 2 fully saturated rings. The summed E-state index contributed by atoms with van der Waals surface area (Å²) < 4.78 is 5.73. The molecule has 2 aromatic heterocycles. The number of rotatable bonds is 6. The number of amides is 3. The van der Waals surface area contributed by atoms with E-state index in [9.17, 15) is 14.4 Å². The van der Waals surface area contributed by atoms with Crippen molar-refractivity contribution >= 4 is 51.8 Å². The number of hydrogen-bond donors (Lipinski definition) is 1. The predicted octanol–water partition coefficient (Wildman–Crippen LogP) is 5.15. The maximum atomic E-state index is 14.2. The zero-order chi connectivity index (χ0) is 26.9. The normalized spacial score (nSPS) is 19.2. The molecular weight excluding hydrogens is 522 g/mol. The van der Waals surface area contributed by atoms with E-state index in [0.29, 0.717) is 22.1 Å². The minimum atomic E-state index is -0.804. The second-order valence-electron chi connectivity index (χ2n) is 10.2. The largest absolute Gasteiger partial charge is 0.444 e. The maximum Gasteiger partial charge on any atom is 0.412 e. The van der Waals surface area contributed by atoms with E-state index in [0.717, 1.165) is 18.4 Å². The van der Waals surface area contributed by atoms with Gasteiger partial charge in [0.25, 0.3) is 11.8 Å². The van der Waals surface area contributed by atoms with Crippen LogP contribution in [-0.2, 0) is 9.53 Å². The molecule has 0 spiro atoms. The molecule has 1 aromatic carbocycles. The summed E-state index contributed by atoms with van der Waals surface area (Å²) >= 11 is 2.81. The summed E-state index contributed by atoms with van der Waals surface area (Å²) in [6, 6.07) is 10.0. The van der Waals surface area contributed by atoms with Gasteiger partial charge >= 0.3 is 6.09 Å². The number of thioether (sulfide) groups is 1. The summed E-state index contributed by atoms with van der Waals surface area (Å²) in [4.78, 5) is 51.8. The van der Waals surface area contributed by atoms with Crippen molar-refractivity contribution in [2.75, 3.05) is 10.7 Å². The van der Waals surface area contributed by atoms with Gasteiger partial charge in [0.1, 0.15) is 17.0 Å². The second kappa shape index (κ2) is 10.7. The van der Waals surface area contributed by atoms with Gasteiger partial charge in [0, 0.05) is 46.9 Å². The average Bonchev–Trinajstić information content (AvgIpc) is 3.35. The van der Waals surface area contributed by atoms with Gasteiger partial charge in [0.15, 0.2) is 5.13 Å². The van der Waals surface area contributed by atoms with E-state index in [2.05, 4.69) is 15.3 Å². The Morgan fingerprint density at radius 1 is 1.11 bits per heavy atom. The third kappa shape index (κ3) is 5.83. The molecule has 38 heavy (non-hydrogen) atoms. The number of thiazole rings is 1. The second-order valence-corrected chi connectivity index (χ2v) is 12.1. The van der Waals surface area contributed by atoms with E-state index in [4.69, 9.17) is 4.74 Å². The topological polar surface area (TPSA) is 105 Å². The minimum absolute atomic E-state index is 0.131. The van der Waals surface area contributed by atoms with E-state index in [1.807, 2.05) is 6.07 Å². The molecule has 0 bridgehead atoms. The van der Waals surface area contributed by atoms with Crippen LogP contribution in [0.1, 0.15) is 54.9 Å². The van der Waals surface area contributed by atoms with Crippen LogP contribution in [0.15, 0.2) is 60.4 Å². The Balaban J connectivity index is 1.46. The van der Waals surface area contributed by atoms with E-state index < -0.39 is 23.1 Å². The highest BCUT2D eigenvalue weighted by atomic mass is 32.2. The van der Waals surface area contributed by atoms with Crippen molar-refractivity contribution in [2.45, 2.75) is 56.7 Å². The molecule has 2 aliphatic rings. The first-order valence-corrected chi connectivity index (χ1v) is 14.3. The Bertz CT molecular complexity index is 1290. The number of nitrogens with one attached hydrogen (secondary N) is 1. The molecule has 5 rings (SSSR count). The Hall–Kier alpha value is -3.44. The van der Waals surface area contributed by atoms with Gasteiger partial charge < -0.3 is 10.1 Å². The molecule has 11 heteroatoms. The predicted molar refractivity (Wildman–Crippen MR) is 147 cm³/mol. The van der Waals surface area contributed by atoms with E-state index in [1.54, 1.807) is 75.1 Å². The summed E-state index contributed by atoms with van der Waals surface area (Å²) in [5, 5.41) is 4.81. The number of pyridine rings is 1. The first kappa shape index (κ1) is 26.2. The number of nitrogens with zero attached hydrogens (tertiary/aromatic N) is 4. The van der Waals surface area contributed by atoms with Gasteiger partial charge in [-0.1, -0.05) is 6.07 Å². The number of benzene rings is 1. The number of aromatic nitrogens is 2. The van der Waals surface area contributed by atoms with Crippen molar-refractivity contribution in [3.8, 4) is 0 Å². The van der Waals surface area contributed by atoms with E-state index in [1.165, 1.54) is 32.9 Å². The number of anilines is 2. The molecule has 9 nitrogen and oxygen atoms in total. The molecule has 2 atom stereocenters. The van der Waals surface area contributed by atoms with Crippen LogP contribution in [0.25, 0.3) is 0 Å². The van der Waals surface area contributed by atoms with Crippen LogP contribution in [0, 0.1) is 0 Å². The lowest BCUT2D eigenvalue weighted by Crippen LogP contribution is -2.49. The maximum absolute atomic E-state index is 14.2. The standard InChI is InChI=1S/C27H29N5O4S2/c1-27(2,3)36-26(35)32-21(16-38-24(32)18-5-4-12-28-15-18)23(34)31(25-29-13-14-37-25)20-10-6-17(7-11-20)22(33)30-19-8-9-19/h4-7,10-15,19,21,24H,8-9,16H2,1-3H3,(H,30,33). The van der Waals surface area contributed by atoms with Crippen LogP contribution in [-0.4, -0.2) is 56.2 Å². The summed E-state index contributed by atoms with van der Waals surface area (Å²) in [6.45, 7) is 5.40. The molecule has 1 saturated heterocycles. The lowest BCUT2D eigenvalue weighted by Gasteiger charge is -2.33. The third-order valence-electron chi connectivity index (χ3n) is 5.99. The van der Waals surface area contributed by atoms with Crippen LogP contribution in [0.2, 0.25) is 0 Å². The van der Waals surface area contributed by atoms with Crippen molar-refractivity contribution in [1.82, 2.24) is 20.2 Å². The number of carbonyl (C=O) groups is 3. The highest BCUT2D eigenvalue weighted by Gasteiger charge is 2.46. The first-order valence-electron chi connectivity index (χ1n) is 12.4. The van der Waals surface area contributed by atoms with Crippen LogP contribution < -0.4 is 10.2 Å². The number of hydrogen-bond acceptors (Lipinski definition) is 8. The molecule has 0 radical (unpaired) electrons. The average molecular weight is 552 g/mol. The van der Waals surface area contributed by atoms with Crippen LogP contribution >= 0.6 is 23.1 Å². The number of ether oxygens (including phenoxy) is 1. The van der Waals surface area contributed by atoms with Crippen molar-refractivity contribution in [3.63, 3.8) is 0 Å². The summed E-state index contributed by atoms with van der Waals surface area (Å²) in [5.74, 6) is -0.0600. The highest BCUT2D eigenvalue weighted by molar-refractivity contribution is 7.99. The smallest absolute Gasteiger partial charge is 0.412 e. The van der Waals surface area contributed by atoms with Crippen LogP contribution in [0.4, 0.5) is 15.6 Å². The van der Waals surface area contributed by atoms with Gasteiger partial charge in [0.05, 0.1) is 5.69 Å². The quantitative estimate of drug-likeness (QED) is 0.452. The molecule has 1 N–H and O–H groups in total. The molecule has 1 aliphatic heterocycles. The van der Waals surface area contributed by atoms with Crippen molar-refractivity contribution in [3.05, 3.63) is 71.5 Å². The van der Waals surface area contributed by atoms with Gasteiger partial charge in [-0.25, -0.2) is 9.78 Å². The fourth-order valence-electron chi connectivity index (χ4n) is 4.08. The van der Waals surface area contributed by atoms with Crippen molar-refractivity contribution in [1.29, 1.82) is 0 Å². The fraction of sp³-hybridized carbons (Fsp3) is 0.370. The molecule has 2 unspecified atom stereocenters. The molecule has 1 aliphatic carbocycles. The molecule has 3 aromatic rings. The number of carbonyl (C=O) groups excluding carboxylic acids is 3. The highest BCUT2D eigenvalue weighted by Crippen LogP contribution is 2.43. The van der Waals surface area contributed by atoms with Gasteiger partial charge in [-0.15, -0.1) is 23.1 Å². The van der Waals surface area contributed by atoms with Crippen molar-refractivity contribution < 1.29 is 19.1 Å². The van der Waals surface area contributed by atoms with Gasteiger partial charge in [-0.3, -0.25) is 24.4 Å². The van der Waals surface area contributed by atoms with Crippen LogP contribution in [0.3, 0.4) is 0 Å². The first-order chi connectivity index (χ1) is 18.2. The molecule has 1 saturated carbocycles. The van der Waals surface area contributed by atoms with Crippen molar-refractivity contribution in [2.24, 2.45) is 0 Å². The Morgan fingerprint density at radius 3 is 2.47 bits per heavy atom. The van der Waals surface area contributed by atoms with E-state index in [-0.39, 0.29) is 17.9 Å². The van der Waals surface area contributed by atoms with Gasteiger partial charge in [-0.05, 0) is 63.9 Å². The molecular formula is C27H29N5O4S2. The SMILES string of the molecule is CC(C)(C)OC(=O)N1C(C(=O)N(c2ccc(C(=O)NC3CC3)cc2)c2nccs2)CSC1c1cccnc1. The minimum Gasteiger partial charge on any atom is -0.444 e. The Labute approximate surface area is 229 Å². The third-order valence-corrected chi connectivity index (χ3v) is 8.07. The summed E-state index contributed by atoms with van der Waals surface area (Å²) in [7, 11) is 0. The fourth-order valence-corrected chi connectivity index (χ4v) is 6.14. The zero-order valence-corrected chi connectivity index (χ0v) is 23.0. The van der Waals surface area contributed by atoms with Gasteiger partial charge in [-0.2, -0.15) is 0 Å². The zero-order valence-electron chi connectivity index (χ0n) is 21.4. The van der Waals surface area contributed by atoms with E-state index >= 15 is 0 Å². The molecule has 198 valence electrons. The monoisotopic (exact) mass is 551 g/mol. The van der Waals surface area contributed by atoms with Crippen LogP contribution in [0.5, 0.6) is 0 Å². The van der Waals surface area contributed by atoms with Gasteiger partial charge in [0.2, 0.25) is 0 Å². The lowest BCUT2D eigenvalue weighted by atomic mass is 10.1. The Kier molecular flexibility index (Phi) is 7.40. The summed E-state index contributed by atoms with van der Waals surface area (Å²) in [5.41, 5.74) is 1.16. The summed E-state index contributed by atoms with van der Waals surface area (Å²) in [6.07, 6.45) is 6.44. The molecule has 3 amide bonds. The Morgan fingerprint density at radius 2 is 1.87 bits per heavy atom. The lowest BCUT2D eigenvalue weighted by molar-refractivity contribution is -0.122.